The Hall–Kier alpha value is -2.11. The first-order chi connectivity index (χ1) is 15.4. The van der Waals surface area contributed by atoms with Crippen molar-refractivity contribution < 1.29 is 14.0 Å². The van der Waals surface area contributed by atoms with E-state index in [9.17, 15) is 14.0 Å². The lowest BCUT2D eigenvalue weighted by atomic mass is 9.95. The van der Waals surface area contributed by atoms with Gasteiger partial charge in [0.15, 0.2) is 0 Å². The molecule has 0 heterocycles. The summed E-state index contributed by atoms with van der Waals surface area (Å²) in [5.41, 5.74) is 0.981. The van der Waals surface area contributed by atoms with Crippen LogP contribution in [0.4, 0.5) is 4.39 Å². The summed E-state index contributed by atoms with van der Waals surface area (Å²) in [6.07, 6.45) is 5.59. The Kier molecular flexibility index (Phi) is 8.94. The minimum atomic E-state index is -0.678. The molecule has 1 atom stereocenters. The SMILES string of the molecule is CC[C@H](C(=O)NC1CCCCC1)N(Cc1ccc(Cl)cc1Cl)C(=O)Cc1ccccc1F. The van der Waals surface area contributed by atoms with Gasteiger partial charge in [0.05, 0.1) is 6.42 Å². The summed E-state index contributed by atoms with van der Waals surface area (Å²) >= 11 is 12.4. The predicted octanol–water partition coefficient (Wildman–Crippen LogP) is 5.93. The molecule has 2 aromatic carbocycles. The molecule has 1 aliphatic rings. The number of rotatable bonds is 8. The topological polar surface area (TPSA) is 49.4 Å². The molecule has 1 fully saturated rings. The number of nitrogens with zero attached hydrogens (tertiary/aromatic N) is 1. The zero-order valence-electron chi connectivity index (χ0n) is 18.3. The lowest BCUT2D eigenvalue weighted by Crippen LogP contribution is -2.52. The standard InChI is InChI=1S/C25H29Cl2FN2O2/c1-2-23(25(32)29-20-9-4-3-5-10-20)30(16-18-12-13-19(26)15-21(18)27)24(31)14-17-8-6-7-11-22(17)28/h6-8,11-13,15,20,23H,2-5,9-10,14,16H2,1H3,(H,29,32)/t23-/m1/s1. The second-order valence-corrected chi connectivity index (χ2v) is 9.14. The van der Waals surface area contributed by atoms with Crippen molar-refractivity contribution in [3.05, 3.63) is 69.5 Å². The number of halogens is 3. The van der Waals surface area contributed by atoms with Crippen LogP contribution in [-0.2, 0) is 22.6 Å². The Labute approximate surface area is 199 Å². The van der Waals surface area contributed by atoms with Crippen molar-refractivity contribution in [2.45, 2.75) is 70.5 Å². The maximum Gasteiger partial charge on any atom is 0.243 e. The van der Waals surface area contributed by atoms with Gasteiger partial charge in [0.2, 0.25) is 11.8 Å². The second-order valence-electron chi connectivity index (χ2n) is 8.29. The van der Waals surface area contributed by atoms with Gasteiger partial charge in [-0.15, -0.1) is 0 Å². The third-order valence-corrected chi connectivity index (χ3v) is 6.58. The van der Waals surface area contributed by atoms with E-state index in [0.29, 0.717) is 27.6 Å². The zero-order chi connectivity index (χ0) is 23.1. The molecule has 2 amide bonds. The summed E-state index contributed by atoms with van der Waals surface area (Å²) in [5.74, 6) is -0.942. The molecule has 0 aromatic heterocycles. The lowest BCUT2D eigenvalue weighted by molar-refractivity contribution is -0.141. The van der Waals surface area contributed by atoms with Gasteiger partial charge in [-0.2, -0.15) is 0 Å². The third kappa shape index (κ3) is 6.46. The van der Waals surface area contributed by atoms with Crippen LogP contribution >= 0.6 is 23.2 Å². The first-order valence-electron chi connectivity index (χ1n) is 11.2. The van der Waals surface area contributed by atoms with Gasteiger partial charge in [0.1, 0.15) is 11.9 Å². The first kappa shape index (κ1) is 24.5. The fourth-order valence-electron chi connectivity index (χ4n) is 4.20. The Morgan fingerprint density at radius 3 is 2.47 bits per heavy atom. The van der Waals surface area contributed by atoms with Gasteiger partial charge in [0, 0.05) is 22.6 Å². The van der Waals surface area contributed by atoms with Crippen LogP contribution in [0.3, 0.4) is 0 Å². The Morgan fingerprint density at radius 1 is 1.09 bits per heavy atom. The number of hydrogen-bond acceptors (Lipinski definition) is 2. The second kappa shape index (κ2) is 11.7. The zero-order valence-corrected chi connectivity index (χ0v) is 19.8. The van der Waals surface area contributed by atoms with Gasteiger partial charge in [-0.3, -0.25) is 9.59 Å². The van der Waals surface area contributed by atoms with Crippen LogP contribution in [0.1, 0.15) is 56.6 Å². The van der Waals surface area contributed by atoms with Crippen LogP contribution in [-0.4, -0.2) is 28.8 Å². The normalized spacial score (nSPS) is 15.2. The molecule has 1 N–H and O–H groups in total. The molecular formula is C25H29Cl2FN2O2. The molecule has 0 aliphatic heterocycles. The maximum atomic E-state index is 14.2. The summed E-state index contributed by atoms with van der Waals surface area (Å²) < 4.78 is 14.2. The van der Waals surface area contributed by atoms with Crippen molar-refractivity contribution in [1.82, 2.24) is 10.2 Å². The molecule has 0 unspecified atom stereocenters. The minimum Gasteiger partial charge on any atom is -0.352 e. The maximum absolute atomic E-state index is 14.2. The van der Waals surface area contributed by atoms with E-state index in [4.69, 9.17) is 23.2 Å². The number of benzene rings is 2. The highest BCUT2D eigenvalue weighted by Gasteiger charge is 2.31. The molecule has 172 valence electrons. The van der Waals surface area contributed by atoms with E-state index >= 15 is 0 Å². The molecule has 4 nitrogen and oxygen atoms in total. The van der Waals surface area contributed by atoms with Gasteiger partial charge in [-0.25, -0.2) is 4.39 Å². The average molecular weight is 479 g/mol. The first-order valence-corrected chi connectivity index (χ1v) is 11.9. The highest BCUT2D eigenvalue weighted by atomic mass is 35.5. The van der Waals surface area contributed by atoms with E-state index in [-0.39, 0.29) is 30.8 Å². The number of carbonyl (C=O) groups excluding carboxylic acids is 2. The summed E-state index contributed by atoms with van der Waals surface area (Å²) in [6, 6.07) is 10.7. The van der Waals surface area contributed by atoms with Crippen molar-refractivity contribution in [3.8, 4) is 0 Å². The van der Waals surface area contributed by atoms with E-state index in [0.717, 1.165) is 25.7 Å². The average Bonchev–Trinajstić information content (AvgIpc) is 2.77. The fourth-order valence-corrected chi connectivity index (χ4v) is 4.67. The van der Waals surface area contributed by atoms with Crippen molar-refractivity contribution in [2.75, 3.05) is 0 Å². The Bertz CT molecular complexity index is 947. The number of amides is 2. The lowest BCUT2D eigenvalue weighted by Gasteiger charge is -2.33. The molecular weight excluding hydrogens is 450 g/mol. The van der Waals surface area contributed by atoms with Crippen LogP contribution in [0, 0.1) is 5.82 Å². The summed E-state index contributed by atoms with van der Waals surface area (Å²) in [4.78, 5) is 28.1. The van der Waals surface area contributed by atoms with E-state index in [1.165, 1.54) is 17.4 Å². The third-order valence-electron chi connectivity index (χ3n) is 5.99. The fraction of sp³-hybridized carbons (Fsp3) is 0.440. The quantitative estimate of drug-likeness (QED) is 0.510. The van der Waals surface area contributed by atoms with E-state index in [1.54, 1.807) is 36.4 Å². The van der Waals surface area contributed by atoms with Crippen LogP contribution in [0.25, 0.3) is 0 Å². The van der Waals surface area contributed by atoms with E-state index in [2.05, 4.69) is 5.32 Å². The van der Waals surface area contributed by atoms with Crippen molar-refractivity contribution in [2.24, 2.45) is 0 Å². The monoisotopic (exact) mass is 478 g/mol. The molecule has 32 heavy (non-hydrogen) atoms. The summed E-state index contributed by atoms with van der Waals surface area (Å²) in [7, 11) is 0. The highest BCUT2D eigenvalue weighted by molar-refractivity contribution is 6.35. The molecule has 0 spiro atoms. The predicted molar refractivity (Wildman–Crippen MR) is 126 cm³/mol. The van der Waals surface area contributed by atoms with Gasteiger partial charge in [-0.1, -0.05) is 73.7 Å². The smallest absolute Gasteiger partial charge is 0.243 e. The summed E-state index contributed by atoms with van der Waals surface area (Å²) in [6.45, 7) is 2.01. The van der Waals surface area contributed by atoms with Crippen LogP contribution in [0.2, 0.25) is 10.0 Å². The number of carbonyl (C=O) groups is 2. The van der Waals surface area contributed by atoms with Gasteiger partial charge in [0.25, 0.3) is 0 Å². The molecule has 3 rings (SSSR count). The molecule has 2 aromatic rings. The van der Waals surface area contributed by atoms with Crippen LogP contribution in [0.15, 0.2) is 42.5 Å². The highest BCUT2D eigenvalue weighted by Crippen LogP contribution is 2.25. The van der Waals surface area contributed by atoms with Crippen LogP contribution in [0.5, 0.6) is 0 Å². The molecule has 1 saturated carbocycles. The van der Waals surface area contributed by atoms with E-state index < -0.39 is 11.9 Å². The molecule has 1 aliphatic carbocycles. The van der Waals surface area contributed by atoms with Crippen molar-refractivity contribution in [1.29, 1.82) is 0 Å². The molecule has 7 heteroatoms. The molecule has 0 bridgehead atoms. The Balaban J connectivity index is 1.85. The van der Waals surface area contributed by atoms with Gasteiger partial charge >= 0.3 is 0 Å². The molecule has 0 saturated heterocycles. The molecule has 0 radical (unpaired) electrons. The van der Waals surface area contributed by atoms with Gasteiger partial charge < -0.3 is 10.2 Å². The Morgan fingerprint density at radius 2 is 1.81 bits per heavy atom. The van der Waals surface area contributed by atoms with E-state index in [1.807, 2.05) is 6.92 Å². The number of nitrogens with one attached hydrogen (secondary N) is 1. The van der Waals surface area contributed by atoms with Gasteiger partial charge in [-0.05, 0) is 48.6 Å². The van der Waals surface area contributed by atoms with Crippen LogP contribution < -0.4 is 5.32 Å². The van der Waals surface area contributed by atoms with Crippen molar-refractivity contribution in [3.63, 3.8) is 0 Å². The van der Waals surface area contributed by atoms with Crippen molar-refractivity contribution >= 4 is 35.0 Å². The minimum absolute atomic E-state index is 0.132. The largest absolute Gasteiger partial charge is 0.352 e. The number of hydrogen-bond donors (Lipinski definition) is 1. The summed E-state index contributed by atoms with van der Waals surface area (Å²) in [5, 5.41) is 4.04.